The summed E-state index contributed by atoms with van der Waals surface area (Å²) in [6, 6.07) is 0. The van der Waals surface area contributed by atoms with E-state index in [0.29, 0.717) is 6.54 Å². The highest BCUT2D eigenvalue weighted by Crippen LogP contribution is 2.13. The smallest absolute Gasteiger partial charge is 0.153 e. The third-order valence-corrected chi connectivity index (χ3v) is 5.87. The number of rotatable bonds is 23. The van der Waals surface area contributed by atoms with Gasteiger partial charge in [0.05, 0.1) is 0 Å². The minimum atomic E-state index is 0.699. The van der Waals surface area contributed by atoms with Crippen LogP contribution in [0.5, 0.6) is 0 Å². The van der Waals surface area contributed by atoms with Crippen LogP contribution < -0.4 is 0 Å². The maximum absolute atomic E-state index is 11.7. The molecular formula is C26H53NO. The second-order valence-corrected chi connectivity index (χ2v) is 8.83. The van der Waals surface area contributed by atoms with Crippen LogP contribution in [0.1, 0.15) is 155 Å². The zero-order valence-corrected chi connectivity index (χ0v) is 19.7. The van der Waals surface area contributed by atoms with Crippen LogP contribution in [0.2, 0.25) is 0 Å². The Bertz CT molecular complexity index is 314. The van der Waals surface area contributed by atoms with Crippen molar-refractivity contribution in [1.29, 1.82) is 0 Å². The molecule has 0 fully saturated rings. The normalized spacial score (nSPS) is 12.0. The standard InChI is InChI=1S/C26H53NO/c1-3-5-7-9-11-12-13-14-15-16-17-18-19-20-22-24-26-27(28)25-23-21-10-8-6-4-2/h26H,3-25H2,1-2H3. The average molecular weight is 396 g/mol. The van der Waals surface area contributed by atoms with Crippen LogP contribution in [-0.4, -0.2) is 17.5 Å². The molecule has 0 unspecified atom stereocenters. The summed E-state index contributed by atoms with van der Waals surface area (Å²) in [5.41, 5.74) is 0. The Kier molecular flexibility index (Phi) is 24.0. The number of nitrogens with zero attached hydrogens (tertiary/aromatic N) is 1. The summed E-state index contributed by atoms with van der Waals surface area (Å²) in [7, 11) is 0. The highest BCUT2D eigenvalue weighted by molar-refractivity contribution is 5.50. The first-order valence-corrected chi connectivity index (χ1v) is 13.1. The molecule has 0 aromatic carbocycles. The van der Waals surface area contributed by atoms with Gasteiger partial charge in [-0.3, -0.25) is 0 Å². The Morgan fingerprint density at radius 3 is 1.18 bits per heavy atom. The van der Waals surface area contributed by atoms with Crippen molar-refractivity contribution >= 4 is 6.21 Å². The van der Waals surface area contributed by atoms with Crippen molar-refractivity contribution in [3.63, 3.8) is 0 Å². The van der Waals surface area contributed by atoms with Gasteiger partial charge >= 0.3 is 0 Å². The van der Waals surface area contributed by atoms with Crippen molar-refractivity contribution in [1.82, 2.24) is 0 Å². The fourth-order valence-corrected chi connectivity index (χ4v) is 3.89. The summed E-state index contributed by atoms with van der Waals surface area (Å²) in [6.45, 7) is 5.23. The largest absolute Gasteiger partial charge is 0.624 e. The number of hydroxylamine groups is 1. The van der Waals surface area contributed by atoms with Gasteiger partial charge < -0.3 is 5.21 Å². The maximum atomic E-state index is 11.7. The Morgan fingerprint density at radius 1 is 0.464 bits per heavy atom. The molecule has 0 aromatic heterocycles. The van der Waals surface area contributed by atoms with Crippen LogP contribution >= 0.6 is 0 Å². The van der Waals surface area contributed by atoms with Gasteiger partial charge in [0.2, 0.25) is 0 Å². The van der Waals surface area contributed by atoms with Gasteiger partial charge in [0, 0.05) is 12.8 Å². The molecule has 0 saturated heterocycles. The zero-order chi connectivity index (χ0) is 20.5. The fourth-order valence-electron chi connectivity index (χ4n) is 3.89. The van der Waals surface area contributed by atoms with Crippen LogP contribution in [0.3, 0.4) is 0 Å². The van der Waals surface area contributed by atoms with Crippen molar-refractivity contribution in [2.24, 2.45) is 0 Å². The van der Waals surface area contributed by atoms with E-state index >= 15 is 0 Å². The lowest BCUT2D eigenvalue weighted by atomic mass is 10.0. The number of unbranched alkanes of at least 4 members (excludes halogenated alkanes) is 20. The average Bonchev–Trinajstić information content (AvgIpc) is 2.70. The monoisotopic (exact) mass is 395 g/mol. The van der Waals surface area contributed by atoms with Gasteiger partial charge in [0.15, 0.2) is 12.8 Å². The summed E-state index contributed by atoms with van der Waals surface area (Å²) in [5, 5.41) is 11.7. The van der Waals surface area contributed by atoms with Crippen LogP contribution in [0.4, 0.5) is 0 Å². The predicted octanol–water partition coefficient (Wildman–Crippen LogP) is 9.19. The number of hydrogen-bond donors (Lipinski definition) is 0. The van der Waals surface area contributed by atoms with Crippen molar-refractivity contribution < 1.29 is 4.74 Å². The number of hydrogen-bond acceptors (Lipinski definition) is 1. The Labute approximate surface area is 178 Å². The van der Waals surface area contributed by atoms with Crippen molar-refractivity contribution in [3.05, 3.63) is 5.21 Å². The molecule has 0 aliphatic rings. The molecule has 0 rings (SSSR count). The third-order valence-electron chi connectivity index (χ3n) is 5.87. The van der Waals surface area contributed by atoms with E-state index in [1.807, 2.05) is 6.21 Å². The molecule has 0 amide bonds. The molecule has 0 radical (unpaired) electrons. The molecule has 2 heteroatoms. The van der Waals surface area contributed by atoms with E-state index in [-0.39, 0.29) is 0 Å². The van der Waals surface area contributed by atoms with Gasteiger partial charge in [-0.15, -0.1) is 0 Å². The lowest BCUT2D eigenvalue weighted by Crippen LogP contribution is -2.06. The Morgan fingerprint density at radius 2 is 0.786 bits per heavy atom. The second-order valence-electron chi connectivity index (χ2n) is 8.83. The third kappa shape index (κ3) is 23.5. The molecule has 28 heavy (non-hydrogen) atoms. The highest BCUT2D eigenvalue weighted by Gasteiger charge is 1.97. The lowest BCUT2D eigenvalue weighted by molar-refractivity contribution is -0.454. The first-order chi connectivity index (χ1) is 13.8. The van der Waals surface area contributed by atoms with Crippen molar-refractivity contribution in [2.45, 2.75) is 155 Å². The topological polar surface area (TPSA) is 26.1 Å². The van der Waals surface area contributed by atoms with Crippen LogP contribution in [0, 0.1) is 5.21 Å². The van der Waals surface area contributed by atoms with Gasteiger partial charge in [-0.25, -0.2) is 4.74 Å². The Balaban J connectivity index is 3.18. The van der Waals surface area contributed by atoms with E-state index in [1.54, 1.807) is 0 Å². The van der Waals surface area contributed by atoms with Crippen molar-refractivity contribution in [2.75, 3.05) is 6.54 Å². The van der Waals surface area contributed by atoms with E-state index in [2.05, 4.69) is 13.8 Å². The summed E-state index contributed by atoms with van der Waals surface area (Å²) in [5.74, 6) is 0. The SMILES string of the molecule is CCCCCCCCCCCCCCCCCC=[N+]([O-])CCCCCCCC. The molecule has 0 atom stereocenters. The van der Waals surface area contributed by atoms with Gasteiger partial charge in [-0.1, -0.05) is 129 Å². The molecule has 0 N–H and O–H groups in total. The summed E-state index contributed by atoms with van der Waals surface area (Å²) >= 11 is 0. The van der Waals surface area contributed by atoms with Gasteiger partial charge in [0.1, 0.15) is 0 Å². The molecule has 168 valence electrons. The quantitative estimate of drug-likeness (QED) is 0.0556. The minimum absolute atomic E-state index is 0.699. The summed E-state index contributed by atoms with van der Waals surface area (Å²) < 4.78 is 1.18. The molecule has 0 saturated carbocycles. The van der Waals surface area contributed by atoms with E-state index in [9.17, 15) is 5.21 Å². The highest BCUT2D eigenvalue weighted by atomic mass is 16.5. The van der Waals surface area contributed by atoms with Gasteiger partial charge in [-0.05, 0) is 12.8 Å². The van der Waals surface area contributed by atoms with Crippen LogP contribution in [-0.2, 0) is 0 Å². The molecular weight excluding hydrogens is 342 g/mol. The second kappa shape index (κ2) is 24.5. The van der Waals surface area contributed by atoms with Crippen LogP contribution in [0.15, 0.2) is 0 Å². The van der Waals surface area contributed by atoms with Gasteiger partial charge in [0.25, 0.3) is 0 Å². The van der Waals surface area contributed by atoms with Crippen LogP contribution in [0.25, 0.3) is 0 Å². The van der Waals surface area contributed by atoms with E-state index in [0.717, 1.165) is 12.8 Å². The Hall–Kier alpha value is -0.530. The first-order valence-electron chi connectivity index (χ1n) is 13.1. The van der Waals surface area contributed by atoms with Crippen molar-refractivity contribution in [3.8, 4) is 0 Å². The predicted molar refractivity (Wildman–Crippen MR) is 127 cm³/mol. The maximum Gasteiger partial charge on any atom is 0.153 e. The van der Waals surface area contributed by atoms with Gasteiger partial charge in [-0.2, -0.15) is 0 Å². The summed E-state index contributed by atoms with van der Waals surface area (Å²) in [6.07, 6.45) is 31.3. The molecule has 0 bridgehead atoms. The first kappa shape index (κ1) is 27.5. The molecule has 0 aliphatic heterocycles. The fraction of sp³-hybridized carbons (Fsp3) is 0.962. The molecule has 0 aliphatic carbocycles. The van der Waals surface area contributed by atoms with E-state index in [4.69, 9.17) is 0 Å². The zero-order valence-electron chi connectivity index (χ0n) is 19.7. The lowest BCUT2D eigenvalue weighted by Gasteiger charge is -2.05. The molecule has 0 spiro atoms. The van der Waals surface area contributed by atoms with E-state index in [1.165, 1.54) is 133 Å². The molecule has 0 heterocycles. The molecule has 0 aromatic rings. The minimum Gasteiger partial charge on any atom is -0.624 e. The molecule has 2 nitrogen and oxygen atoms in total. The van der Waals surface area contributed by atoms with E-state index < -0.39 is 0 Å². The summed E-state index contributed by atoms with van der Waals surface area (Å²) in [4.78, 5) is 0.